The summed E-state index contributed by atoms with van der Waals surface area (Å²) in [7, 11) is 0. The van der Waals surface area contributed by atoms with E-state index in [1.807, 2.05) is 0 Å². The molecule has 72 valence electrons. The number of aromatic hydroxyl groups is 1. The number of rotatable bonds is 2. The fourth-order valence-electron chi connectivity index (χ4n) is 1.05. The number of nitrogens with zero attached hydrogens (tertiary/aromatic N) is 1. The molecular formula is C9H12BrNO2. The zero-order chi connectivity index (χ0) is 10.0. The van der Waals surface area contributed by atoms with Gasteiger partial charge in [0.15, 0.2) is 0 Å². The van der Waals surface area contributed by atoms with Gasteiger partial charge >= 0.3 is 0 Å². The first-order chi connectivity index (χ1) is 6.02. The lowest BCUT2D eigenvalue weighted by Gasteiger charge is -2.08. The molecule has 0 bridgehead atoms. The topological polar surface area (TPSA) is 53.4 Å². The van der Waals surface area contributed by atoms with E-state index < -0.39 is 6.10 Å². The van der Waals surface area contributed by atoms with Crippen LogP contribution in [-0.4, -0.2) is 21.3 Å². The lowest BCUT2D eigenvalue weighted by atomic mass is 10.1. The van der Waals surface area contributed by atoms with Gasteiger partial charge in [-0.15, -0.1) is 0 Å². The highest BCUT2D eigenvalue weighted by molar-refractivity contribution is 9.10. The maximum Gasteiger partial charge on any atom is 0.141 e. The summed E-state index contributed by atoms with van der Waals surface area (Å²) < 4.78 is 0.777. The van der Waals surface area contributed by atoms with Crippen LogP contribution < -0.4 is 0 Å². The Bertz CT molecular complexity index is 313. The monoisotopic (exact) mass is 245 g/mol. The lowest BCUT2D eigenvalue weighted by Crippen LogP contribution is -2.06. The highest BCUT2D eigenvalue weighted by Gasteiger charge is 2.10. The molecule has 0 aliphatic heterocycles. The minimum Gasteiger partial charge on any atom is -0.506 e. The molecule has 0 spiro atoms. The van der Waals surface area contributed by atoms with Crippen LogP contribution in [0.3, 0.4) is 0 Å². The Morgan fingerprint density at radius 3 is 2.77 bits per heavy atom. The van der Waals surface area contributed by atoms with E-state index in [4.69, 9.17) is 5.11 Å². The number of hydrogen-bond donors (Lipinski definition) is 2. The van der Waals surface area contributed by atoms with Crippen molar-refractivity contribution in [2.75, 3.05) is 0 Å². The van der Waals surface area contributed by atoms with Crippen LogP contribution in [0.1, 0.15) is 18.2 Å². The van der Waals surface area contributed by atoms with Gasteiger partial charge < -0.3 is 10.2 Å². The van der Waals surface area contributed by atoms with Crippen molar-refractivity contribution in [1.29, 1.82) is 0 Å². The predicted octanol–water partition coefficient (Wildman–Crippen LogP) is 1.78. The second-order valence-corrected chi connectivity index (χ2v) is 3.93. The summed E-state index contributed by atoms with van der Waals surface area (Å²) in [5.41, 5.74) is 1.29. The largest absolute Gasteiger partial charge is 0.506 e. The Balaban J connectivity index is 3.04. The SMILES string of the molecule is Cc1c(Br)cnc(CC(C)O)c1O. The number of halogens is 1. The third-order valence-electron chi connectivity index (χ3n) is 1.81. The van der Waals surface area contributed by atoms with Crippen molar-refractivity contribution < 1.29 is 10.2 Å². The van der Waals surface area contributed by atoms with Crippen LogP contribution in [0.4, 0.5) is 0 Å². The summed E-state index contributed by atoms with van der Waals surface area (Å²) in [6, 6.07) is 0. The predicted molar refractivity (Wildman–Crippen MR) is 53.7 cm³/mol. The number of aliphatic hydroxyl groups excluding tert-OH is 1. The fourth-order valence-corrected chi connectivity index (χ4v) is 1.34. The van der Waals surface area contributed by atoms with Crippen molar-refractivity contribution in [3.05, 3.63) is 21.9 Å². The summed E-state index contributed by atoms with van der Waals surface area (Å²) in [4.78, 5) is 4.02. The van der Waals surface area contributed by atoms with E-state index in [1.165, 1.54) is 0 Å². The third kappa shape index (κ3) is 2.42. The number of aromatic nitrogens is 1. The molecule has 0 fully saturated rings. The molecule has 2 N–H and O–H groups in total. The molecule has 0 aliphatic rings. The Hall–Kier alpha value is -0.610. The molecule has 1 heterocycles. The maximum atomic E-state index is 9.62. The molecule has 0 aliphatic carbocycles. The molecule has 0 amide bonds. The van der Waals surface area contributed by atoms with Gasteiger partial charge in [0, 0.05) is 22.7 Å². The van der Waals surface area contributed by atoms with Crippen molar-refractivity contribution in [3.8, 4) is 5.75 Å². The van der Waals surface area contributed by atoms with Crippen LogP contribution in [0.25, 0.3) is 0 Å². The molecule has 0 aromatic carbocycles. The van der Waals surface area contributed by atoms with Gasteiger partial charge in [0.1, 0.15) is 5.75 Å². The number of pyridine rings is 1. The molecular weight excluding hydrogens is 234 g/mol. The molecule has 0 radical (unpaired) electrons. The zero-order valence-corrected chi connectivity index (χ0v) is 9.17. The van der Waals surface area contributed by atoms with E-state index in [9.17, 15) is 5.11 Å². The molecule has 1 aromatic rings. The molecule has 0 saturated carbocycles. The van der Waals surface area contributed by atoms with Crippen LogP contribution in [-0.2, 0) is 6.42 Å². The smallest absolute Gasteiger partial charge is 0.141 e. The van der Waals surface area contributed by atoms with Crippen LogP contribution in [0.5, 0.6) is 5.75 Å². The van der Waals surface area contributed by atoms with Gasteiger partial charge in [-0.1, -0.05) is 0 Å². The zero-order valence-electron chi connectivity index (χ0n) is 7.58. The van der Waals surface area contributed by atoms with Crippen LogP contribution in [0, 0.1) is 6.92 Å². The van der Waals surface area contributed by atoms with Gasteiger partial charge in [0.25, 0.3) is 0 Å². The highest BCUT2D eigenvalue weighted by Crippen LogP contribution is 2.27. The van der Waals surface area contributed by atoms with Gasteiger partial charge in [-0.2, -0.15) is 0 Å². The molecule has 3 nitrogen and oxygen atoms in total. The third-order valence-corrected chi connectivity index (χ3v) is 2.61. The molecule has 1 rings (SSSR count). The highest BCUT2D eigenvalue weighted by atomic mass is 79.9. The van der Waals surface area contributed by atoms with Crippen LogP contribution in [0.15, 0.2) is 10.7 Å². The normalized spacial score (nSPS) is 12.9. The van der Waals surface area contributed by atoms with Crippen molar-refractivity contribution in [2.45, 2.75) is 26.4 Å². The van der Waals surface area contributed by atoms with Crippen molar-refractivity contribution in [2.24, 2.45) is 0 Å². The Morgan fingerprint density at radius 1 is 1.62 bits per heavy atom. The molecule has 1 aromatic heterocycles. The average Bonchev–Trinajstić information content (AvgIpc) is 2.06. The number of hydrogen-bond acceptors (Lipinski definition) is 3. The van der Waals surface area contributed by atoms with Crippen LogP contribution in [0.2, 0.25) is 0 Å². The molecule has 1 atom stereocenters. The van der Waals surface area contributed by atoms with Crippen molar-refractivity contribution in [3.63, 3.8) is 0 Å². The van der Waals surface area contributed by atoms with Gasteiger partial charge in [0.2, 0.25) is 0 Å². The van der Waals surface area contributed by atoms with E-state index in [0.717, 1.165) is 10.0 Å². The Morgan fingerprint density at radius 2 is 2.23 bits per heavy atom. The molecule has 4 heteroatoms. The maximum absolute atomic E-state index is 9.62. The van der Waals surface area contributed by atoms with E-state index in [-0.39, 0.29) is 5.75 Å². The summed E-state index contributed by atoms with van der Waals surface area (Å²) in [5, 5.41) is 18.8. The summed E-state index contributed by atoms with van der Waals surface area (Å²) in [6.45, 7) is 3.46. The van der Waals surface area contributed by atoms with Gasteiger partial charge in [-0.25, -0.2) is 0 Å². The van der Waals surface area contributed by atoms with E-state index >= 15 is 0 Å². The van der Waals surface area contributed by atoms with Crippen molar-refractivity contribution >= 4 is 15.9 Å². The minimum absolute atomic E-state index is 0.162. The first-order valence-corrected chi connectivity index (χ1v) is 4.82. The first kappa shape index (κ1) is 10.5. The fraction of sp³-hybridized carbons (Fsp3) is 0.444. The van der Waals surface area contributed by atoms with Gasteiger partial charge in [-0.05, 0) is 29.8 Å². The Labute approximate surface area is 85.6 Å². The summed E-state index contributed by atoms with van der Waals surface area (Å²) in [6.07, 6.45) is 1.52. The standard InChI is InChI=1S/C9H12BrNO2/c1-5(12)3-8-9(13)6(2)7(10)4-11-8/h4-5,12-13H,3H2,1-2H3. The molecule has 1 unspecified atom stereocenters. The van der Waals surface area contributed by atoms with Gasteiger partial charge in [0.05, 0.1) is 11.8 Å². The second kappa shape index (κ2) is 4.07. The minimum atomic E-state index is -0.487. The summed E-state index contributed by atoms with van der Waals surface area (Å²) in [5.74, 6) is 0.162. The Kier molecular flexibility index (Phi) is 3.27. The quantitative estimate of drug-likeness (QED) is 0.836. The average molecular weight is 246 g/mol. The van der Waals surface area contributed by atoms with Crippen LogP contribution >= 0.6 is 15.9 Å². The number of aliphatic hydroxyl groups is 1. The second-order valence-electron chi connectivity index (χ2n) is 3.08. The first-order valence-electron chi connectivity index (χ1n) is 4.03. The van der Waals surface area contributed by atoms with Gasteiger partial charge in [-0.3, -0.25) is 4.98 Å². The van der Waals surface area contributed by atoms with E-state index in [2.05, 4.69) is 20.9 Å². The summed E-state index contributed by atoms with van der Waals surface area (Å²) >= 11 is 3.26. The van der Waals surface area contributed by atoms with E-state index in [0.29, 0.717) is 12.1 Å². The van der Waals surface area contributed by atoms with Crippen molar-refractivity contribution in [1.82, 2.24) is 4.98 Å². The molecule has 13 heavy (non-hydrogen) atoms. The van der Waals surface area contributed by atoms with E-state index in [1.54, 1.807) is 20.0 Å². The molecule has 0 saturated heterocycles. The lowest BCUT2D eigenvalue weighted by molar-refractivity contribution is 0.193.